The first kappa shape index (κ1) is 13.9. The van der Waals surface area contributed by atoms with Crippen molar-refractivity contribution in [2.45, 2.75) is 12.5 Å². The molecule has 6 heteroatoms. The number of nitrogens with two attached hydrogens (primary N) is 1. The summed E-state index contributed by atoms with van der Waals surface area (Å²) < 4.78 is 0.392. The van der Waals surface area contributed by atoms with Crippen molar-refractivity contribution in [1.29, 1.82) is 0 Å². The number of rotatable bonds is 5. The van der Waals surface area contributed by atoms with Crippen LogP contribution >= 0.6 is 22.6 Å². The summed E-state index contributed by atoms with van der Waals surface area (Å²) in [5, 5.41) is 11.4. The number of aliphatic carboxylic acids is 1. The molecule has 0 fully saturated rings. The number of carbonyl (C=O) groups excluding carboxylic acids is 1. The number of nitrogens with one attached hydrogen (secondary N) is 1. The molecular weight excluding hydrogens is 335 g/mol. The monoisotopic (exact) mass is 348 g/mol. The molecule has 0 saturated heterocycles. The minimum absolute atomic E-state index is 0.0689. The summed E-state index contributed by atoms with van der Waals surface area (Å²) in [5.41, 5.74) is 6.94. The molecule has 0 aliphatic rings. The van der Waals surface area contributed by atoms with E-state index in [4.69, 9.17) is 10.8 Å². The van der Waals surface area contributed by atoms with Gasteiger partial charge < -0.3 is 16.2 Å². The number of anilines is 1. The van der Waals surface area contributed by atoms with Crippen LogP contribution in [0.4, 0.5) is 5.69 Å². The second-order valence-electron chi connectivity index (χ2n) is 3.53. The lowest BCUT2D eigenvalue weighted by Gasteiger charge is -2.07. The summed E-state index contributed by atoms with van der Waals surface area (Å²) in [6.45, 7) is 0. The van der Waals surface area contributed by atoms with Crippen molar-refractivity contribution in [2.75, 3.05) is 9.74 Å². The van der Waals surface area contributed by atoms with Crippen LogP contribution in [0.3, 0.4) is 0 Å². The van der Waals surface area contributed by atoms with Gasteiger partial charge in [-0.2, -0.15) is 0 Å². The molecule has 4 N–H and O–H groups in total. The fourth-order valence-corrected chi connectivity index (χ4v) is 1.45. The Hall–Kier alpha value is -1.15. The maximum atomic E-state index is 11.1. The normalized spacial score (nSPS) is 11.9. The van der Waals surface area contributed by atoms with E-state index in [1.54, 1.807) is 24.3 Å². The lowest BCUT2D eigenvalue weighted by molar-refractivity contribution is -0.138. The van der Waals surface area contributed by atoms with Gasteiger partial charge in [-0.1, -0.05) is 34.7 Å². The number of halogens is 1. The Kier molecular flexibility index (Phi) is 5.36. The Morgan fingerprint density at radius 2 is 1.94 bits per heavy atom. The molecular formula is C11H13IN2O3. The summed E-state index contributed by atoms with van der Waals surface area (Å²) in [6.07, 6.45) is 0.274. The molecule has 1 amide bonds. The van der Waals surface area contributed by atoms with Gasteiger partial charge in [0.2, 0.25) is 5.91 Å². The fourth-order valence-electron chi connectivity index (χ4n) is 1.26. The van der Waals surface area contributed by atoms with E-state index in [1.165, 1.54) is 0 Å². The van der Waals surface area contributed by atoms with Crippen molar-refractivity contribution >= 4 is 40.2 Å². The third kappa shape index (κ3) is 4.70. The van der Waals surface area contributed by atoms with Crippen molar-refractivity contribution in [3.8, 4) is 0 Å². The Morgan fingerprint density at radius 3 is 2.41 bits per heavy atom. The topological polar surface area (TPSA) is 92.4 Å². The summed E-state index contributed by atoms with van der Waals surface area (Å²) >= 11 is 1.98. The smallest absolute Gasteiger partial charge is 0.320 e. The van der Waals surface area contributed by atoms with Gasteiger partial charge in [0.1, 0.15) is 6.04 Å². The van der Waals surface area contributed by atoms with Crippen molar-refractivity contribution in [3.63, 3.8) is 0 Å². The first-order valence-electron chi connectivity index (χ1n) is 4.96. The van der Waals surface area contributed by atoms with Gasteiger partial charge in [0.15, 0.2) is 0 Å². The van der Waals surface area contributed by atoms with E-state index in [0.717, 1.165) is 5.56 Å². The van der Waals surface area contributed by atoms with E-state index < -0.39 is 12.0 Å². The number of hydrogen-bond donors (Lipinski definition) is 3. The summed E-state index contributed by atoms with van der Waals surface area (Å²) in [5.74, 6) is -1.09. The zero-order valence-electron chi connectivity index (χ0n) is 9.02. The highest BCUT2D eigenvalue weighted by molar-refractivity contribution is 14.1. The SMILES string of the molecule is NC(Cc1ccc(NC(=O)CI)cc1)C(=O)O. The number of carbonyl (C=O) groups is 2. The van der Waals surface area contributed by atoms with Crippen molar-refractivity contribution in [3.05, 3.63) is 29.8 Å². The Balaban J connectivity index is 2.62. The number of hydrogen-bond acceptors (Lipinski definition) is 3. The van der Waals surface area contributed by atoms with E-state index in [0.29, 0.717) is 10.1 Å². The predicted molar refractivity (Wildman–Crippen MR) is 73.3 cm³/mol. The third-order valence-corrected chi connectivity index (χ3v) is 2.82. The van der Waals surface area contributed by atoms with Crippen LogP contribution in [0.2, 0.25) is 0 Å². The molecule has 17 heavy (non-hydrogen) atoms. The molecule has 0 saturated carbocycles. The van der Waals surface area contributed by atoms with E-state index in [9.17, 15) is 9.59 Å². The van der Waals surface area contributed by atoms with E-state index in [2.05, 4.69) is 5.32 Å². The molecule has 0 spiro atoms. The summed E-state index contributed by atoms with van der Waals surface area (Å²) in [7, 11) is 0. The predicted octanol–water partition coefficient (Wildman–Crippen LogP) is 1.01. The van der Waals surface area contributed by atoms with Crippen LogP contribution in [0.1, 0.15) is 5.56 Å². The Labute approximate surface area is 113 Å². The van der Waals surface area contributed by atoms with Gasteiger partial charge in [-0.15, -0.1) is 0 Å². The molecule has 1 aromatic rings. The minimum atomic E-state index is -1.02. The number of alkyl halides is 1. The Morgan fingerprint density at radius 1 is 1.35 bits per heavy atom. The van der Waals surface area contributed by atoms with Crippen LogP contribution in [0.5, 0.6) is 0 Å². The highest BCUT2D eigenvalue weighted by Crippen LogP contribution is 2.11. The molecule has 0 aromatic heterocycles. The molecule has 1 unspecified atom stereocenters. The van der Waals surface area contributed by atoms with Gasteiger partial charge >= 0.3 is 5.97 Å². The van der Waals surface area contributed by atoms with Crippen molar-refractivity contribution in [1.82, 2.24) is 0 Å². The van der Waals surface area contributed by atoms with Crippen LogP contribution in [0, 0.1) is 0 Å². The first-order valence-corrected chi connectivity index (χ1v) is 6.48. The van der Waals surface area contributed by atoms with Crippen LogP contribution in [-0.2, 0) is 16.0 Å². The molecule has 0 radical (unpaired) electrons. The maximum Gasteiger partial charge on any atom is 0.320 e. The van der Waals surface area contributed by atoms with Gasteiger partial charge in [0, 0.05) is 5.69 Å². The number of carboxylic acid groups (broad SMARTS) is 1. The number of carboxylic acids is 1. The van der Waals surface area contributed by atoms with Crippen molar-refractivity contribution in [2.24, 2.45) is 5.73 Å². The molecule has 0 bridgehead atoms. The van der Waals surface area contributed by atoms with Crippen LogP contribution in [0.25, 0.3) is 0 Å². The van der Waals surface area contributed by atoms with Crippen LogP contribution < -0.4 is 11.1 Å². The second-order valence-corrected chi connectivity index (χ2v) is 4.29. The lowest BCUT2D eigenvalue weighted by atomic mass is 10.1. The minimum Gasteiger partial charge on any atom is -0.480 e. The standard InChI is InChI=1S/C11H13IN2O3/c12-6-10(15)14-8-3-1-7(2-4-8)5-9(13)11(16)17/h1-4,9H,5-6,13H2,(H,14,15)(H,16,17). The van der Waals surface area contributed by atoms with Gasteiger partial charge in [-0.3, -0.25) is 9.59 Å². The van der Waals surface area contributed by atoms with Gasteiger partial charge in [0.25, 0.3) is 0 Å². The molecule has 1 atom stereocenters. The van der Waals surface area contributed by atoms with E-state index in [-0.39, 0.29) is 12.3 Å². The Bertz CT molecular complexity index is 406. The fraction of sp³-hybridized carbons (Fsp3) is 0.273. The highest BCUT2D eigenvalue weighted by atomic mass is 127. The zero-order valence-corrected chi connectivity index (χ0v) is 11.2. The first-order chi connectivity index (χ1) is 8.02. The summed E-state index contributed by atoms with van der Waals surface area (Å²) in [6, 6.07) is 6.07. The van der Waals surface area contributed by atoms with E-state index in [1.807, 2.05) is 22.6 Å². The van der Waals surface area contributed by atoms with Gasteiger partial charge in [0.05, 0.1) is 4.43 Å². The summed E-state index contributed by atoms with van der Waals surface area (Å²) in [4.78, 5) is 21.7. The van der Waals surface area contributed by atoms with Crippen LogP contribution in [0.15, 0.2) is 24.3 Å². The average Bonchev–Trinajstić information content (AvgIpc) is 2.31. The highest BCUT2D eigenvalue weighted by Gasteiger charge is 2.11. The molecule has 92 valence electrons. The van der Waals surface area contributed by atoms with Gasteiger partial charge in [-0.25, -0.2) is 0 Å². The number of amides is 1. The molecule has 0 aliphatic heterocycles. The van der Waals surface area contributed by atoms with Crippen LogP contribution in [-0.4, -0.2) is 27.5 Å². The molecule has 1 aromatic carbocycles. The maximum absolute atomic E-state index is 11.1. The zero-order chi connectivity index (χ0) is 12.8. The third-order valence-electron chi connectivity index (χ3n) is 2.13. The number of benzene rings is 1. The molecule has 5 nitrogen and oxygen atoms in total. The second kappa shape index (κ2) is 6.55. The average molecular weight is 348 g/mol. The quantitative estimate of drug-likeness (QED) is 0.547. The molecule has 1 rings (SSSR count). The van der Waals surface area contributed by atoms with E-state index >= 15 is 0 Å². The lowest BCUT2D eigenvalue weighted by Crippen LogP contribution is -2.32. The largest absolute Gasteiger partial charge is 0.480 e. The van der Waals surface area contributed by atoms with Gasteiger partial charge in [-0.05, 0) is 24.1 Å². The molecule has 0 aliphatic carbocycles. The molecule has 0 heterocycles. The van der Waals surface area contributed by atoms with Crippen molar-refractivity contribution < 1.29 is 14.7 Å².